The van der Waals surface area contributed by atoms with Crippen molar-refractivity contribution in [2.75, 3.05) is 0 Å². The van der Waals surface area contributed by atoms with Gasteiger partial charge in [0.15, 0.2) is 6.29 Å². The zero-order valence-electron chi connectivity index (χ0n) is 10.1. The maximum atomic E-state index is 14.0. The molecule has 2 rings (SSSR count). The molecule has 0 unspecified atom stereocenters. The third-order valence-electron chi connectivity index (χ3n) is 2.85. The van der Waals surface area contributed by atoms with Crippen LogP contribution in [0, 0.1) is 22.9 Å². The number of aryl methyl sites for hydroxylation is 1. The quantitative estimate of drug-likeness (QED) is 0.481. The van der Waals surface area contributed by atoms with Crippen molar-refractivity contribution in [2.24, 2.45) is 0 Å². The highest BCUT2D eigenvalue weighted by molar-refractivity contribution is 5.84. The summed E-state index contributed by atoms with van der Waals surface area (Å²) >= 11 is 0. The molecule has 0 saturated carbocycles. The molecule has 0 heterocycles. The molecule has 0 fully saturated rings. The fourth-order valence-corrected chi connectivity index (χ4v) is 1.85. The molecule has 0 atom stereocenters. The number of halogens is 1. The Labute approximate surface area is 108 Å². The highest BCUT2D eigenvalue weighted by Gasteiger charge is 2.15. The number of nitro groups is 1. The molecule has 0 aliphatic carbocycles. The van der Waals surface area contributed by atoms with Gasteiger partial charge in [-0.25, -0.2) is 4.39 Å². The number of aldehydes is 1. The Hall–Kier alpha value is -2.56. The lowest BCUT2D eigenvalue weighted by molar-refractivity contribution is -0.385. The molecule has 0 bridgehead atoms. The van der Waals surface area contributed by atoms with Crippen LogP contribution in [0.4, 0.5) is 10.1 Å². The average molecular weight is 259 g/mol. The zero-order chi connectivity index (χ0) is 14.0. The normalized spacial score (nSPS) is 10.2. The first kappa shape index (κ1) is 12.9. The Morgan fingerprint density at radius 2 is 2.00 bits per heavy atom. The second-order valence-corrected chi connectivity index (χ2v) is 4.09. The van der Waals surface area contributed by atoms with E-state index in [-0.39, 0.29) is 11.3 Å². The van der Waals surface area contributed by atoms with Crippen LogP contribution in [0.5, 0.6) is 0 Å². The van der Waals surface area contributed by atoms with E-state index < -0.39 is 10.7 Å². The molecular formula is C14H10FNO3. The number of benzene rings is 2. The summed E-state index contributed by atoms with van der Waals surface area (Å²) in [6.45, 7) is 1.63. The van der Waals surface area contributed by atoms with E-state index >= 15 is 0 Å². The molecule has 0 aliphatic rings. The number of nitrogens with zero attached hydrogens (tertiary/aromatic N) is 1. The van der Waals surface area contributed by atoms with Crippen molar-refractivity contribution in [1.82, 2.24) is 0 Å². The number of hydrogen-bond donors (Lipinski definition) is 0. The third-order valence-corrected chi connectivity index (χ3v) is 2.85. The van der Waals surface area contributed by atoms with Crippen LogP contribution in [-0.2, 0) is 0 Å². The molecule has 5 heteroatoms. The highest BCUT2D eigenvalue weighted by Crippen LogP contribution is 2.28. The minimum atomic E-state index is -0.639. The predicted molar refractivity (Wildman–Crippen MR) is 68.6 cm³/mol. The standard InChI is InChI=1S/C14H10FNO3/c1-9-3-2-4-12(14(9)15)10-5-6-13(16(18)19)11(7-10)8-17/h2-8H,1H3. The van der Waals surface area contributed by atoms with Gasteiger partial charge in [-0.05, 0) is 30.2 Å². The maximum absolute atomic E-state index is 14.0. The minimum Gasteiger partial charge on any atom is -0.298 e. The topological polar surface area (TPSA) is 60.2 Å². The molecule has 0 N–H and O–H groups in total. The third kappa shape index (κ3) is 2.35. The molecule has 0 amide bonds. The van der Waals surface area contributed by atoms with Crippen LogP contribution in [0.25, 0.3) is 11.1 Å². The molecule has 0 aromatic heterocycles. The Balaban J connectivity index is 2.61. The smallest absolute Gasteiger partial charge is 0.279 e. The number of rotatable bonds is 3. The molecule has 0 radical (unpaired) electrons. The molecule has 19 heavy (non-hydrogen) atoms. The van der Waals surface area contributed by atoms with Gasteiger partial charge in [0.1, 0.15) is 5.82 Å². The largest absolute Gasteiger partial charge is 0.298 e. The van der Waals surface area contributed by atoms with Gasteiger partial charge in [-0.3, -0.25) is 14.9 Å². The Kier molecular flexibility index (Phi) is 3.37. The van der Waals surface area contributed by atoms with Gasteiger partial charge in [-0.2, -0.15) is 0 Å². The van der Waals surface area contributed by atoms with Crippen molar-refractivity contribution >= 4 is 12.0 Å². The second-order valence-electron chi connectivity index (χ2n) is 4.09. The van der Waals surface area contributed by atoms with E-state index in [1.54, 1.807) is 25.1 Å². The Bertz CT molecular complexity index is 668. The Morgan fingerprint density at radius 3 is 2.63 bits per heavy atom. The van der Waals surface area contributed by atoms with Gasteiger partial charge in [0, 0.05) is 11.6 Å². The minimum absolute atomic E-state index is 0.0663. The predicted octanol–water partition coefficient (Wildman–Crippen LogP) is 3.52. The lowest BCUT2D eigenvalue weighted by atomic mass is 10.00. The SMILES string of the molecule is Cc1cccc(-c2ccc([N+](=O)[O-])c(C=O)c2)c1F. The first-order valence-electron chi connectivity index (χ1n) is 5.53. The van der Waals surface area contributed by atoms with E-state index in [0.717, 1.165) is 0 Å². The van der Waals surface area contributed by atoms with Gasteiger partial charge < -0.3 is 0 Å². The van der Waals surface area contributed by atoms with Crippen molar-refractivity contribution in [3.63, 3.8) is 0 Å². The van der Waals surface area contributed by atoms with Crippen LogP contribution in [-0.4, -0.2) is 11.2 Å². The molecule has 2 aromatic carbocycles. The van der Waals surface area contributed by atoms with Crippen LogP contribution < -0.4 is 0 Å². The summed E-state index contributed by atoms with van der Waals surface area (Å²) in [5, 5.41) is 10.7. The van der Waals surface area contributed by atoms with Crippen LogP contribution in [0.3, 0.4) is 0 Å². The van der Waals surface area contributed by atoms with Crippen LogP contribution in [0.1, 0.15) is 15.9 Å². The van der Waals surface area contributed by atoms with E-state index in [9.17, 15) is 19.3 Å². The van der Waals surface area contributed by atoms with E-state index in [4.69, 9.17) is 0 Å². The fourth-order valence-electron chi connectivity index (χ4n) is 1.85. The lowest BCUT2D eigenvalue weighted by Crippen LogP contribution is -1.96. The second kappa shape index (κ2) is 4.97. The van der Waals surface area contributed by atoms with E-state index in [2.05, 4.69) is 0 Å². The summed E-state index contributed by atoms with van der Waals surface area (Å²) in [4.78, 5) is 21.0. The van der Waals surface area contributed by atoms with E-state index in [0.29, 0.717) is 23.0 Å². The monoisotopic (exact) mass is 259 g/mol. The maximum Gasteiger partial charge on any atom is 0.279 e. The van der Waals surface area contributed by atoms with Crippen LogP contribution in [0.15, 0.2) is 36.4 Å². The number of carbonyl (C=O) groups excluding carboxylic acids is 1. The summed E-state index contributed by atoms with van der Waals surface area (Å²) in [6, 6.07) is 8.85. The molecule has 4 nitrogen and oxygen atoms in total. The average Bonchev–Trinajstić information content (AvgIpc) is 2.41. The van der Waals surface area contributed by atoms with Gasteiger partial charge in [-0.15, -0.1) is 0 Å². The zero-order valence-corrected chi connectivity index (χ0v) is 10.1. The van der Waals surface area contributed by atoms with Crippen molar-refractivity contribution in [3.05, 3.63) is 63.5 Å². The van der Waals surface area contributed by atoms with Crippen LogP contribution >= 0.6 is 0 Å². The van der Waals surface area contributed by atoms with Gasteiger partial charge >= 0.3 is 0 Å². The fraction of sp³-hybridized carbons (Fsp3) is 0.0714. The molecular weight excluding hydrogens is 249 g/mol. The molecule has 0 saturated heterocycles. The van der Waals surface area contributed by atoms with Crippen LogP contribution in [0.2, 0.25) is 0 Å². The summed E-state index contributed by atoms with van der Waals surface area (Å²) in [7, 11) is 0. The first-order valence-corrected chi connectivity index (χ1v) is 5.53. The molecule has 2 aromatic rings. The number of carbonyl (C=O) groups is 1. The van der Waals surface area contributed by atoms with Gasteiger partial charge in [0.05, 0.1) is 10.5 Å². The van der Waals surface area contributed by atoms with Gasteiger partial charge in [-0.1, -0.05) is 18.2 Å². The molecule has 0 aliphatic heterocycles. The van der Waals surface area contributed by atoms with Crippen molar-refractivity contribution in [2.45, 2.75) is 6.92 Å². The van der Waals surface area contributed by atoms with Gasteiger partial charge in [0.2, 0.25) is 0 Å². The van der Waals surface area contributed by atoms with Gasteiger partial charge in [0.25, 0.3) is 5.69 Å². The summed E-state index contributed by atoms with van der Waals surface area (Å²) in [5.41, 5.74) is 0.880. The summed E-state index contributed by atoms with van der Waals surface area (Å²) in [5.74, 6) is -0.395. The van der Waals surface area contributed by atoms with Crippen molar-refractivity contribution in [3.8, 4) is 11.1 Å². The molecule has 0 spiro atoms. The van der Waals surface area contributed by atoms with E-state index in [1.165, 1.54) is 18.2 Å². The summed E-state index contributed by atoms with van der Waals surface area (Å²) in [6.07, 6.45) is 0.398. The summed E-state index contributed by atoms with van der Waals surface area (Å²) < 4.78 is 14.0. The van der Waals surface area contributed by atoms with Crippen molar-refractivity contribution < 1.29 is 14.1 Å². The van der Waals surface area contributed by atoms with E-state index in [1.807, 2.05) is 0 Å². The number of hydrogen-bond acceptors (Lipinski definition) is 3. The first-order chi connectivity index (χ1) is 9.04. The highest BCUT2D eigenvalue weighted by atomic mass is 19.1. The molecule has 96 valence electrons. The van der Waals surface area contributed by atoms with Crippen molar-refractivity contribution in [1.29, 1.82) is 0 Å². The Morgan fingerprint density at radius 1 is 1.26 bits per heavy atom. The lowest BCUT2D eigenvalue weighted by Gasteiger charge is -2.06. The number of nitro benzene ring substituents is 1.